The van der Waals surface area contributed by atoms with Crippen molar-refractivity contribution in [3.05, 3.63) is 33.8 Å². The highest BCUT2D eigenvalue weighted by molar-refractivity contribution is 6.35. The van der Waals surface area contributed by atoms with Gasteiger partial charge >= 0.3 is 0 Å². The van der Waals surface area contributed by atoms with E-state index in [1.54, 1.807) is 0 Å². The summed E-state index contributed by atoms with van der Waals surface area (Å²) in [5, 5.41) is 4.87. The summed E-state index contributed by atoms with van der Waals surface area (Å²) in [6.07, 6.45) is 1.96. The van der Waals surface area contributed by atoms with E-state index in [2.05, 4.69) is 19.2 Å². The first-order valence-electron chi connectivity index (χ1n) is 5.82. The van der Waals surface area contributed by atoms with Crippen molar-refractivity contribution in [1.29, 1.82) is 0 Å². The fraction of sp³-hybridized carbons (Fsp3) is 0.538. The minimum Gasteiger partial charge on any atom is -0.306 e. The van der Waals surface area contributed by atoms with Crippen LogP contribution in [0.1, 0.15) is 32.3 Å². The summed E-state index contributed by atoms with van der Waals surface area (Å²) in [5.41, 5.74) is 0.900. The first kappa shape index (κ1) is 15.1. The van der Waals surface area contributed by atoms with Gasteiger partial charge in [-0.2, -0.15) is 0 Å². The molecule has 0 saturated carbocycles. The molecule has 0 fully saturated rings. The zero-order valence-electron chi connectivity index (χ0n) is 10.2. The standard InChI is InChI=1S/C13H18Cl3N/c1-3-13(4-2,9-14)17-8-10-11(15)6-5-7-12(10)16/h5-7,17H,3-4,8-9H2,1-2H3. The molecule has 0 aromatic heterocycles. The third-order valence-electron chi connectivity index (χ3n) is 3.31. The first-order valence-corrected chi connectivity index (χ1v) is 7.11. The lowest BCUT2D eigenvalue weighted by Crippen LogP contribution is -2.45. The van der Waals surface area contributed by atoms with Crippen molar-refractivity contribution in [1.82, 2.24) is 5.32 Å². The van der Waals surface area contributed by atoms with Crippen LogP contribution < -0.4 is 5.32 Å². The van der Waals surface area contributed by atoms with Gasteiger partial charge in [0, 0.05) is 33.6 Å². The van der Waals surface area contributed by atoms with Crippen LogP contribution in [0, 0.1) is 0 Å². The van der Waals surface area contributed by atoms with E-state index in [0.717, 1.165) is 18.4 Å². The van der Waals surface area contributed by atoms with Crippen molar-refractivity contribution < 1.29 is 0 Å². The molecule has 1 N–H and O–H groups in total. The molecule has 0 aliphatic rings. The van der Waals surface area contributed by atoms with E-state index in [4.69, 9.17) is 34.8 Å². The lowest BCUT2D eigenvalue weighted by atomic mass is 9.95. The molecule has 0 heterocycles. The summed E-state index contributed by atoms with van der Waals surface area (Å²) in [7, 11) is 0. The van der Waals surface area contributed by atoms with E-state index in [-0.39, 0.29) is 5.54 Å². The van der Waals surface area contributed by atoms with Gasteiger partial charge in [0.1, 0.15) is 0 Å². The van der Waals surface area contributed by atoms with Crippen molar-refractivity contribution in [2.24, 2.45) is 0 Å². The summed E-state index contributed by atoms with van der Waals surface area (Å²) < 4.78 is 0. The topological polar surface area (TPSA) is 12.0 Å². The fourth-order valence-corrected chi connectivity index (χ4v) is 2.72. The average Bonchev–Trinajstić information content (AvgIpc) is 2.34. The zero-order chi connectivity index (χ0) is 12.9. The van der Waals surface area contributed by atoms with Crippen LogP contribution in [0.5, 0.6) is 0 Å². The number of hydrogen-bond donors (Lipinski definition) is 1. The van der Waals surface area contributed by atoms with Crippen LogP contribution in [0.3, 0.4) is 0 Å². The normalized spacial score (nSPS) is 11.8. The van der Waals surface area contributed by atoms with Gasteiger partial charge in [-0.15, -0.1) is 11.6 Å². The molecule has 0 atom stereocenters. The molecule has 0 aliphatic carbocycles. The highest BCUT2D eigenvalue weighted by Crippen LogP contribution is 2.26. The van der Waals surface area contributed by atoms with Crippen LogP contribution in [0.15, 0.2) is 18.2 Å². The van der Waals surface area contributed by atoms with Gasteiger partial charge in [0.25, 0.3) is 0 Å². The Balaban J connectivity index is 2.79. The summed E-state index contributed by atoms with van der Waals surface area (Å²) >= 11 is 18.3. The summed E-state index contributed by atoms with van der Waals surface area (Å²) in [5.74, 6) is 0.585. The Bertz CT molecular complexity index is 333. The Morgan fingerprint density at radius 2 is 1.65 bits per heavy atom. The SMILES string of the molecule is CCC(CC)(CCl)NCc1c(Cl)cccc1Cl. The van der Waals surface area contributed by atoms with Gasteiger partial charge < -0.3 is 5.32 Å². The highest BCUT2D eigenvalue weighted by Gasteiger charge is 2.24. The Kier molecular flexibility index (Phi) is 6.08. The molecular weight excluding hydrogens is 277 g/mol. The van der Waals surface area contributed by atoms with E-state index in [0.29, 0.717) is 22.5 Å². The van der Waals surface area contributed by atoms with Crippen LogP contribution in [0.4, 0.5) is 0 Å². The quantitative estimate of drug-likeness (QED) is 0.737. The van der Waals surface area contributed by atoms with E-state index >= 15 is 0 Å². The molecule has 1 rings (SSSR count). The van der Waals surface area contributed by atoms with Crippen LogP contribution >= 0.6 is 34.8 Å². The molecule has 1 aromatic carbocycles. The predicted molar refractivity (Wildman–Crippen MR) is 77.3 cm³/mol. The number of rotatable bonds is 6. The molecule has 17 heavy (non-hydrogen) atoms. The number of benzene rings is 1. The second kappa shape index (κ2) is 6.84. The molecule has 0 radical (unpaired) electrons. The maximum absolute atomic E-state index is 6.13. The molecule has 0 unspecified atom stereocenters. The third-order valence-corrected chi connectivity index (χ3v) is 4.53. The van der Waals surface area contributed by atoms with Gasteiger partial charge in [-0.25, -0.2) is 0 Å². The van der Waals surface area contributed by atoms with E-state index in [1.165, 1.54) is 0 Å². The van der Waals surface area contributed by atoms with E-state index in [1.807, 2.05) is 18.2 Å². The van der Waals surface area contributed by atoms with E-state index < -0.39 is 0 Å². The Morgan fingerprint density at radius 1 is 1.12 bits per heavy atom. The van der Waals surface area contributed by atoms with Gasteiger partial charge in [0.15, 0.2) is 0 Å². The average molecular weight is 295 g/mol. The number of hydrogen-bond acceptors (Lipinski definition) is 1. The fourth-order valence-electron chi connectivity index (χ4n) is 1.71. The number of alkyl halides is 1. The van der Waals surface area contributed by atoms with Gasteiger partial charge in [0.05, 0.1) is 0 Å². The Morgan fingerprint density at radius 3 is 2.06 bits per heavy atom. The number of nitrogens with one attached hydrogen (secondary N) is 1. The first-order chi connectivity index (χ1) is 8.08. The molecule has 0 spiro atoms. The van der Waals surface area contributed by atoms with Crippen LogP contribution in [0.25, 0.3) is 0 Å². The maximum Gasteiger partial charge on any atom is 0.0465 e. The van der Waals surface area contributed by atoms with Crippen LogP contribution in [-0.2, 0) is 6.54 Å². The predicted octanol–water partition coefficient (Wildman–Crippen LogP) is 4.88. The van der Waals surface area contributed by atoms with Gasteiger partial charge in [-0.05, 0) is 25.0 Å². The van der Waals surface area contributed by atoms with Crippen molar-refractivity contribution >= 4 is 34.8 Å². The molecule has 0 bridgehead atoms. The third kappa shape index (κ3) is 3.75. The van der Waals surface area contributed by atoms with Gasteiger partial charge in [-0.3, -0.25) is 0 Å². The zero-order valence-corrected chi connectivity index (χ0v) is 12.5. The minimum absolute atomic E-state index is 0.0376. The van der Waals surface area contributed by atoms with Gasteiger partial charge in [0.2, 0.25) is 0 Å². The smallest absolute Gasteiger partial charge is 0.0465 e. The monoisotopic (exact) mass is 293 g/mol. The molecular formula is C13H18Cl3N. The van der Waals surface area contributed by atoms with Crippen LogP contribution in [-0.4, -0.2) is 11.4 Å². The number of halogens is 3. The lowest BCUT2D eigenvalue weighted by molar-refractivity contribution is 0.334. The molecule has 4 heteroatoms. The highest BCUT2D eigenvalue weighted by atomic mass is 35.5. The molecule has 1 nitrogen and oxygen atoms in total. The molecule has 0 aliphatic heterocycles. The van der Waals surface area contributed by atoms with Crippen molar-refractivity contribution in [2.45, 2.75) is 38.8 Å². The summed E-state index contributed by atoms with van der Waals surface area (Å²) in [6, 6.07) is 5.55. The molecule has 1 aromatic rings. The summed E-state index contributed by atoms with van der Waals surface area (Å²) in [4.78, 5) is 0. The molecule has 0 amide bonds. The second-order valence-electron chi connectivity index (χ2n) is 4.17. The van der Waals surface area contributed by atoms with Crippen molar-refractivity contribution in [3.63, 3.8) is 0 Å². The molecule has 96 valence electrons. The second-order valence-corrected chi connectivity index (χ2v) is 5.26. The largest absolute Gasteiger partial charge is 0.306 e. The Labute approximate surface area is 118 Å². The summed E-state index contributed by atoms with van der Waals surface area (Å²) in [6.45, 7) is 4.91. The van der Waals surface area contributed by atoms with Crippen molar-refractivity contribution in [2.75, 3.05) is 5.88 Å². The lowest BCUT2D eigenvalue weighted by Gasteiger charge is -2.31. The van der Waals surface area contributed by atoms with Crippen molar-refractivity contribution in [3.8, 4) is 0 Å². The maximum atomic E-state index is 6.13. The van der Waals surface area contributed by atoms with E-state index in [9.17, 15) is 0 Å². The Hall–Kier alpha value is 0.0500. The van der Waals surface area contributed by atoms with Gasteiger partial charge in [-0.1, -0.05) is 43.1 Å². The molecule has 0 saturated heterocycles. The minimum atomic E-state index is -0.0376. The van der Waals surface area contributed by atoms with Crippen LogP contribution in [0.2, 0.25) is 10.0 Å².